The molecule has 1 aromatic heterocycles. The maximum atomic E-state index is 9.76. The van der Waals surface area contributed by atoms with Gasteiger partial charge in [-0.1, -0.05) is 35.9 Å². The number of aliphatic hydroxyl groups is 2. The Labute approximate surface area is 242 Å². The zero-order valence-corrected chi connectivity index (χ0v) is 24.7. The van der Waals surface area contributed by atoms with Crippen LogP contribution in [0.3, 0.4) is 0 Å². The second-order valence-electron chi connectivity index (χ2n) is 10.6. The number of aryl methyl sites for hydroxylation is 1. The average Bonchev–Trinajstić information content (AvgIpc) is 3.51. The van der Waals surface area contributed by atoms with Gasteiger partial charge in [0.25, 0.3) is 0 Å². The van der Waals surface area contributed by atoms with E-state index >= 15 is 0 Å². The summed E-state index contributed by atoms with van der Waals surface area (Å²) in [4.78, 5) is 6.61. The number of halogens is 1. The SMILES string of the molecule is Cc1c(OCCCNC(CO)Cc2ncn(C)c2Cl)cccc1-c1cccc(OCCCN2CC[C@@H](O)C2)c1C. The Kier molecular flexibility index (Phi) is 11.3. The summed E-state index contributed by atoms with van der Waals surface area (Å²) < 4.78 is 14.1. The molecule has 0 aliphatic carbocycles. The predicted molar refractivity (Wildman–Crippen MR) is 159 cm³/mol. The molecule has 0 radical (unpaired) electrons. The van der Waals surface area contributed by atoms with E-state index in [2.05, 4.69) is 41.2 Å². The molecule has 218 valence electrons. The Morgan fingerprint density at radius 2 is 1.70 bits per heavy atom. The zero-order valence-electron chi connectivity index (χ0n) is 23.9. The van der Waals surface area contributed by atoms with E-state index in [4.69, 9.17) is 21.1 Å². The molecule has 2 heterocycles. The number of hydrogen-bond donors (Lipinski definition) is 3. The Bertz CT molecular complexity index is 1230. The van der Waals surface area contributed by atoms with Crippen molar-refractivity contribution in [1.29, 1.82) is 0 Å². The highest BCUT2D eigenvalue weighted by Gasteiger charge is 2.19. The summed E-state index contributed by atoms with van der Waals surface area (Å²) in [6.45, 7) is 8.83. The van der Waals surface area contributed by atoms with E-state index in [-0.39, 0.29) is 18.8 Å². The highest BCUT2D eigenvalue weighted by molar-refractivity contribution is 6.30. The van der Waals surface area contributed by atoms with Crippen molar-refractivity contribution in [2.75, 3.05) is 46.0 Å². The highest BCUT2D eigenvalue weighted by Crippen LogP contribution is 2.35. The quantitative estimate of drug-likeness (QED) is 0.236. The highest BCUT2D eigenvalue weighted by atomic mass is 35.5. The first-order valence-electron chi connectivity index (χ1n) is 14.2. The van der Waals surface area contributed by atoms with Crippen LogP contribution < -0.4 is 14.8 Å². The van der Waals surface area contributed by atoms with Crippen LogP contribution >= 0.6 is 11.6 Å². The summed E-state index contributed by atoms with van der Waals surface area (Å²) in [6, 6.07) is 12.3. The smallest absolute Gasteiger partial charge is 0.131 e. The maximum Gasteiger partial charge on any atom is 0.131 e. The fraction of sp³-hybridized carbons (Fsp3) is 0.516. The van der Waals surface area contributed by atoms with E-state index < -0.39 is 0 Å². The van der Waals surface area contributed by atoms with Gasteiger partial charge < -0.3 is 34.5 Å². The van der Waals surface area contributed by atoms with Crippen molar-refractivity contribution >= 4 is 11.6 Å². The predicted octanol–water partition coefficient (Wildman–Crippen LogP) is 4.15. The summed E-state index contributed by atoms with van der Waals surface area (Å²) in [5.74, 6) is 1.77. The number of ether oxygens (including phenoxy) is 2. The summed E-state index contributed by atoms with van der Waals surface area (Å²) in [7, 11) is 1.85. The Hall–Kier alpha value is -2.62. The largest absolute Gasteiger partial charge is 0.493 e. The van der Waals surface area contributed by atoms with Crippen LogP contribution in [0.4, 0.5) is 0 Å². The Balaban J connectivity index is 1.27. The number of aromatic nitrogens is 2. The molecule has 4 rings (SSSR count). The molecule has 1 fully saturated rings. The van der Waals surface area contributed by atoms with E-state index in [9.17, 15) is 10.2 Å². The molecule has 1 unspecified atom stereocenters. The van der Waals surface area contributed by atoms with Crippen LogP contribution in [0.2, 0.25) is 5.15 Å². The van der Waals surface area contributed by atoms with Gasteiger partial charge in [-0.2, -0.15) is 0 Å². The van der Waals surface area contributed by atoms with Crippen LogP contribution in [0.1, 0.15) is 36.1 Å². The third-order valence-electron chi connectivity index (χ3n) is 7.59. The minimum atomic E-state index is -0.180. The third-order valence-corrected chi connectivity index (χ3v) is 8.07. The first kappa shape index (κ1) is 30.3. The number of imidazole rings is 1. The van der Waals surface area contributed by atoms with Crippen LogP contribution in [-0.2, 0) is 13.5 Å². The van der Waals surface area contributed by atoms with Crippen LogP contribution in [0.5, 0.6) is 11.5 Å². The summed E-state index contributed by atoms with van der Waals surface area (Å²) in [6.07, 6.45) is 4.68. The number of benzene rings is 2. The van der Waals surface area contributed by atoms with Gasteiger partial charge in [0.05, 0.1) is 37.9 Å². The van der Waals surface area contributed by atoms with Gasteiger partial charge in [-0.05, 0) is 74.0 Å². The first-order chi connectivity index (χ1) is 19.4. The van der Waals surface area contributed by atoms with E-state index in [0.29, 0.717) is 31.3 Å². The van der Waals surface area contributed by atoms with Crippen molar-refractivity contribution in [3.8, 4) is 22.6 Å². The number of aliphatic hydroxyl groups excluding tert-OH is 2. The number of likely N-dealkylation sites (tertiary alicyclic amines) is 1. The van der Waals surface area contributed by atoms with Crippen LogP contribution in [0.15, 0.2) is 42.7 Å². The minimum absolute atomic E-state index is 0.0135. The van der Waals surface area contributed by atoms with Crippen LogP contribution in [0, 0.1) is 13.8 Å². The van der Waals surface area contributed by atoms with E-state index in [1.165, 1.54) is 0 Å². The van der Waals surface area contributed by atoms with Crippen molar-refractivity contribution in [1.82, 2.24) is 19.8 Å². The van der Waals surface area contributed by atoms with Gasteiger partial charge in [0.2, 0.25) is 0 Å². The van der Waals surface area contributed by atoms with Crippen LogP contribution in [0.25, 0.3) is 11.1 Å². The molecule has 40 heavy (non-hydrogen) atoms. The molecular formula is C31H43ClN4O4. The summed E-state index contributed by atoms with van der Waals surface area (Å²) in [5, 5.41) is 23.4. The van der Waals surface area contributed by atoms with E-state index in [1.807, 2.05) is 31.3 Å². The number of hydrogen-bond acceptors (Lipinski definition) is 7. The molecule has 1 aliphatic rings. The maximum absolute atomic E-state index is 9.76. The zero-order chi connectivity index (χ0) is 28.5. The fourth-order valence-corrected chi connectivity index (χ4v) is 5.38. The fourth-order valence-electron chi connectivity index (χ4n) is 5.21. The average molecular weight is 571 g/mol. The monoisotopic (exact) mass is 570 g/mol. The van der Waals surface area contributed by atoms with Gasteiger partial charge in [-0.15, -0.1) is 0 Å². The molecule has 2 atom stereocenters. The van der Waals surface area contributed by atoms with Crippen molar-refractivity contribution < 1.29 is 19.7 Å². The number of rotatable bonds is 15. The number of nitrogens with one attached hydrogen (secondary N) is 1. The standard InChI is InChI=1S/C31H43ClN4O4/c1-22-26(27-9-5-11-30(23(27)2)40-17-7-14-36-15-12-25(38)19-36)8-4-10-29(22)39-16-6-13-33-24(20-37)18-28-31(32)35(3)21-34-28/h4-5,8-11,21,24-25,33,37-38H,6-7,12-20H2,1-3H3/t24?,25-/m1/s1. The molecule has 0 saturated carbocycles. The van der Waals surface area contributed by atoms with Crippen molar-refractivity contribution in [3.63, 3.8) is 0 Å². The lowest BCUT2D eigenvalue weighted by Crippen LogP contribution is -2.35. The first-order valence-corrected chi connectivity index (χ1v) is 14.6. The molecule has 3 aromatic rings. The summed E-state index contributed by atoms with van der Waals surface area (Å²) in [5.41, 5.74) is 5.28. The number of nitrogens with zero attached hydrogens (tertiary/aromatic N) is 3. The van der Waals surface area contributed by atoms with E-state index in [0.717, 1.165) is 78.3 Å². The van der Waals surface area contributed by atoms with Crippen LogP contribution in [-0.4, -0.2) is 82.8 Å². The molecule has 1 saturated heterocycles. The van der Waals surface area contributed by atoms with Gasteiger partial charge >= 0.3 is 0 Å². The second kappa shape index (κ2) is 14.8. The molecule has 8 nitrogen and oxygen atoms in total. The Morgan fingerprint density at radius 3 is 2.25 bits per heavy atom. The van der Waals surface area contributed by atoms with Crippen molar-refractivity contribution in [2.45, 2.75) is 51.7 Å². The lowest BCUT2D eigenvalue weighted by molar-refractivity contribution is 0.173. The van der Waals surface area contributed by atoms with Gasteiger partial charge in [0.1, 0.15) is 16.7 Å². The minimum Gasteiger partial charge on any atom is -0.493 e. The molecule has 0 bridgehead atoms. The van der Waals surface area contributed by atoms with Gasteiger partial charge in [0.15, 0.2) is 0 Å². The van der Waals surface area contributed by atoms with Crippen molar-refractivity contribution in [2.24, 2.45) is 7.05 Å². The molecule has 0 amide bonds. The lowest BCUT2D eigenvalue weighted by atomic mass is 9.95. The third kappa shape index (κ3) is 7.98. The molecule has 9 heteroatoms. The number of β-amino-alcohol motifs (C(OH)–C–C–N with tert-alkyl or cyclic N) is 1. The molecular weight excluding hydrogens is 528 g/mol. The second-order valence-corrected chi connectivity index (χ2v) is 11.0. The van der Waals surface area contributed by atoms with Gasteiger partial charge in [-0.3, -0.25) is 0 Å². The molecule has 1 aliphatic heterocycles. The normalized spacial score (nSPS) is 16.4. The lowest BCUT2D eigenvalue weighted by Gasteiger charge is -2.18. The molecule has 0 spiro atoms. The van der Waals surface area contributed by atoms with Gasteiger partial charge in [-0.25, -0.2) is 4.98 Å². The van der Waals surface area contributed by atoms with E-state index in [1.54, 1.807) is 10.9 Å². The van der Waals surface area contributed by atoms with Crippen molar-refractivity contribution in [3.05, 3.63) is 64.7 Å². The Morgan fingerprint density at radius 1 is 1.05 bits per heavy atom. The molecule has 2 aromatic carbocycles. The summed E-state index contributed by atoms with van der Waals surface area (Å²) >= 11 is 6.26. The van der Waals surface area contributed by atoms with Gasteiger partial charge in [0, 0.05) is 39.1 Å². The topological polar surface area (TPSA) is 92.0 Å². The molecule has 3 N–H and O–H groups in total.